The van der Waals surface area contributed by atoms with Crippen LogP contribution in [0.2, 0.25) is 0 Å². The number of nitrogens with two attached hydrogens (primary N) is 1. The quantitative estimate of drug-likeness (QED) is 0.626. The first-order valence-electron chi connectivity index (χ1n) is 5.17. The molecule has 1 amide bonds. The lowest BCUT2D eigenvalue weighted by atomic mass is 10.0. The van der Waals surface area contributed by atoms with Gasteiger partial charge in [0, 0.05) is 6.07 Å². The Morgan fingerprint density at radius 1 is 1.32 bits per heavy atom. The highest BCUT2D eigenvalue weighted by atomic mass is 19.2. The first-order chi connectivity index (χ1) is 8.73. The Morgan fingerprint density at radius 3 is 2.16 bits per heavy atom. The van der Waals surface area contributed by atoms with Crippen LogP contribution in [0.25, 0.3) is 0 Å². The van der Waals surface area contributed by atoms with E-state index in [-0.39, 0.29) is 6.07 Å². The molecule has 1 aromatic rings. The van der Waals surface area contributed by atoms with Crippen LogP contribution in [-0.4, -0.2) is 25.1 Å². The molecule has 0 aromatic heterocycles. The number of hydrogen-bond acceptors (Lipinski definition) is 3. The Balaban J connectivity index is 3.04. The molecule has 0 saturated carbocycles. The molecular formula is C11H12F4N2O2. The third-order valence-electron chi connectivity index (χ3n) is 2.67. The molecule has 0 spiro atoms. The van der Waals surface area contributed by atoms with Gasteiger partial charge >= 0.3 is 0 Å². The zero-order valence-corrected chi connectivity index (χ0v) is 10.2. The van der Waals surface area contributed by atoms with Crippen molar-refractivity contribution in [1.82, 2.24) is 5.32 Å². The number of carbonyl (C=O) groups is 1. The lowest BCUT2D eigenvalue weighted by Crippen LogP contribution is -2.55. The molecule has 0 radical (unpaired) electrons. The van der Waals surface area contributed by atoms with E-state index in [1.54, 1.807) is 0 Å². The van der Waals surface area contributed by atoms with E-state index in [4.69, 9.17) is 5.73 Å². The standard InChI is InChI=1S/C11H12F4N2O2/c1-11(17-2,10(16)18)4-19-9-7(14)5(12)3-6(13)8(9)15/h3,17H,4H2,1-2H3,(H2,16,18). The highest BCUT2D eigenvalue weighted by Crippen LogP contribution is 2.27. The summed E-state index contributed by atoms with van der Waals surface area (Å²) < 4.78 is 57.0. The van der Waals surface area contributed by atoms with Crippen molar-refractivity contribution in [2.45, 2.75) is 12.5 Å². The average molecular weight is 280 g/mol. The molecule has 1 aromatic carbocycles. The second kappa shape index (κ2) is 5.43. The van der Waals surface area contributed by atoms with Crippen molar-refractivity contribution in [2.75, 3.05) is 13.7 Å². The fraction of sp³-hybridized carbons (Fsp3) is 0.364. The van der Waals surface area contributed by atoms with Crippen molar-refractivity contribution in [3.05, 3.63) is 29.3 Å². The monoisotopic (exact) mass is 280 g/mol. The fourth-order valence-corrected chi connectivity index (χ4v) is 1.16. The molecule has 0 aliphatic heterocycles. The van der Waals surface area contributed by atoms with Gasteiger partial charge < -0.3 is 15.8 Å². The van der Waals surface area contributed by atoms with Crippen molar-refractivity contribution in [2.24, 2.45) is 5.73 Å². The van der Waals surface area contributed by atoms with E-state index in [0.29, 0.717) is 0 Å². The van der Waals surface area contributed by atoms with Crippen molar-refractivity contribution >= 4 is 5.91 Å². The van der Waals surface area contributed by atoms with Gasteiger partial charge in [0.05, 0.1) is 0 Å². The van der Waals surface area contributed by atoms with E-state index >= 15 is 0 Å². The molecule has 0 fully saturated rings. The number of likely N-dealkylation sites (N-methyl/N-ethyl adjacent to an activating group) is 1. The summed E-state index contributed by atoms with van der Waals surface area (Å²) in [7, 11) is 1.37. The number of ether oxygens (including phenoxy) is 1. The molecule has 0 bridgehead atoms. The topological polar surface area (TPSA) is 64.3 Å². The molecule has 4 nitrogen and oxygen atoms in total. The van der Waals surface area contributed by atoms with E-state index < -0.39 is 47.1 Å². The van der Waals surface area contributed by atoms with Crippen molar-refractivity contribution in [3.8, 4) is 5.75 Å². The van der Waals surface area contributed by atoms with Crippen molar-refractivity contribution in [3.63, 3.8) is 0 Å². The Kier molecular flexibility index (Phi) is 4.35. The summed E-state index contributed by atoms with van der Waals surface area (Å²) in [5, 5.41) is 2.48. The van der Waals surface area contributed by atoms with E-state index in [2.05, 4.69) is 10.1 Å². The Labute approximate surface area is 106 Å². The van der Waals surface area contributed by atoms with E-state index in [0.717, 1.165) is 0 Å². The van der Waals surface area contributed by atoms with Gasteiger partial charge in [0.25, 0.3) is 0 Å². The van der Waals surface area contributed by atoms with Crippen LogP contribution >= 0.6 is 0 Å². The maximum atomic E-state index is 13.3. The number of rotatable bonds is 5. The molecule has 19 heavy (non-hydrogen) atoms. The van der Waals surface area contributed by atoms with Gasteiger partial charge in [-0.05, 0) is 14.0 Å². The first kappa shape index (κ1) is 15.2. The lowest BCUT2D eigenvalue weighted by Gasteiger charge is -2.25. The van der Waals surface area contributed by atoms with Crippen LogP contribution in [0.4, 0.5) is 17.6 Å². The molecule has 1 atom stereocenters. The molecule has 0 aliphatic carbocycles. The molecule has 106 valence electrons. The van der Waals surface area contributed by atoms with Gasteiger partial charge in [-0.15, -0.1) is 0 Å². The zero-order valence-electron chi connectivity index (χ0n) is 10.2. The third kappa shape index (κ3) is 2.95. The Bertz CT molecular complexity index is 484. The molecule has 1 rings (SSSR count). The van der Waals surface area contributed by atoms with Gasteiger partial charge in [0.2, 0.25) is 17.5 Å². The third-order valence-corrected chi connectivity index (χ3v) is 2.67. The summed E-state index contributed by atoms with van der Waals surface area (Å²) in [5.41, 5.74) is 3.62. The predicted octanol–water partition coefficient (Wildman–Crippen LogP) is 1.09. The van der Waals surface area contributed by atoms with Crippen molar-refractivity contribution < 1.29 is 27.1 Å². The van der Waals surface area contributed by atoms with E-state index in [1.807, 2.05) is 0 Å². The highest BCUT2D eigenvalue weighted by Gasteiger charge is 2.32. The largest absolute Gasteiger partial charge is 0.485 e. The minimum absolute atomic E-state index is 0.0584. The molecule has 8 heteroatoms. The van der Waals surface area contributed by atoms with Gasteiger partial charge in [-0.1, -0.05) is 0 Å². The summed E-state index contributed by atoms with van der Waals surface area (Å²) in [6, 6.07) is 0.0584. The molecule has 3 N–H and O–H groups in total. The van der Waals surface area contributed by atoms with Gasteiger partial charge in [0.15, 0.2) is 17.4 Å². The van der Waals surface area contributed by atoms with Crippen LogP contribution < -0.4 is 15.8 Å². The minimum atomic E-state index is -1.68. The van der Waals surface area contributed by atoms with Crippen LogP contribution in [0.15, 0.2) is 6.07 Å². The first-order valence-corrected chi connectivity index (χ1v) is 5.17. The van der Waals surface area contributed by atoms with Gasteiger partial charge in [0.1, 0.15) is 12.1 Å². The predicted molar refractivity (Wildman–Crippen MR) is 58.4 cm³/mol. The lowest BCUT2D eigenvalue weighted by molar-refractivity contribution is -0.124. The van der Waals surface area contributed by atoms with Crippen LogP contribution in [-0.2, 0) is 4.79 Å². The number of carbonyl (C=O) groups excluding carboxylic acids is 1. The van der Waals surface area contributed by atoms with Gasteiger partial charge in [-0.3, -0.25) is 4.79 Å². The molecular weight excluding hydrogens is 268 g/mol. The van der Waals surface area contributed by atoms with Crippen LogP contribution in [0.3, 0.4) is 0 Å². The van der Waals surface area contributed by atoms with Crippen LogP contribution in [0, 0.1) is 23.3 Å². The van der Waals surface area contributed by atoms with Crippen molar-refractivity contribution in [1.29, 1.82) is 0 Å². The number of nitrogens with one attached hydrogen (secondary N) is 1. The smallest absolute Gasteiger partial charge is 0.240 e. The maximum absolute atomic E-state index is 13.3. The van der Waals surface area contributed by atoms with Gasteiger partial charge in [-0.2, -0.15) is 8.78 Å². The molecule has 1 unspecified atom stereocenters. The fourth-order valence-electron chi connectivity index (χ4n) is 1.16. The van der Waals surface area contributed by atoms with E-state index in [9.17, 15) is 22.4 Å². The minimum Gasteiger partial charge on any atom is -0.485 e. The molecule has 0 saturated heterocycles. The maximum Gasteiger partial charge on any atom is 0.240 e. The number of halogens is 4. The summed E-state index contributed by atoms with van der Waals surface area (Å²) in [6.45, 7) is 0.705. The van der Waals surface area contributed by atoms with Gasteiger partial charge in [-0.25, -0.2) is 8.78 Å². The number of benzene rings is 1. The second-order valence-corrected chi connectivity index (χ2v) is 4.03. The SMILES string of the molecule is CNC(C)(COc1c(F)c(F)cc(F)c1F)C(N)=O. The number of amides is 1. The summed E-state index contributed by atoms with van der Waals surface area (Å²) in [4.78, 5) is 11.1. The second-order valence-electron chi connectivity index (χ2n) is 4.03. The number of primary amides is 1. The van der Waals surface area contributed by atoms with Crippen LogP contribution in [0.5, 0.6) is 5.75 Å². The Hall–Kier alpha value is -1.83. The summed E-state index contributed by atoms with van der Waals surface area (Å²) >= 11 is 0. The Morgan fingerprint density at radius 2 is 1.79 bits per heavy atom. The molecule has 0 heterocycles. The molecule has 0 aliphatic rings. The highest BCUT2D eigenvalue weighted by molar-refractivity contribution is 5.84. The average Bonchev–Trinajstić information content (AvgIpc) is 2.35. The van der Waals surface area contributed by atoms with E-state index in [1.165, 1.54) is 14.0 Å². The normalized spacial score (nSPS) is 14.0. The zero-order chi connectivity index (χ0) is 14.8. The van der Waals surface area contributed by atoms with Crippen LogP contribution in [0.1, 0.15) is 6.92 Å². The number of hydrogen-bond donors (Lipinski definition) is 2. The summed E-state index contributed by atoms with van der Waals surface area (Å²) in [6.07, 6.45) is 0. The summed E-state index contributed by atoms with van der Waals surface area (Å²) in [5.74, 6) is -8.64.